The van der Waals surface area contributed by atoms with Crippen LogP contribution >= 0.6 is 0 Å². The van der Waals surface area contributed by atoms with E-state index >= 15 is 0 Å². The lowest BCUT2D eigenvalue weighted by atomic mass is 9.90. The van der Waals surface area contributed by atoms with Crippen LogP contribution in [0.1, 0.15) is 36.6 Å². The van der Waals surface area contributed by atoms with Crippen molar-refractivity contribution in [1.82, 2.24) is 14.8 Å². The number of primary amides is 1. The van der Waals surface area contributed by atoms with Gasteiger partial charge in [0.25, 0.3) is 17.7 Å². The van der Waals surface area contributed by atoms with Crippen LogP contribution in [0.15, 0.2) is 72.8 Å². The number of hydrogen-bond donors (Lipinski definition) is 2. The number of aromatic nitrogens is 1. The number of nitrogens with zero attached hydrogens (tertiary/aromatic N) is 3. The van der Waals surface area contributed by atoms with Crippen LogP contribution in [0.4, 0.5) is 5.69 Å². The number of amides is 3. The number of nitrogens with one attached hydrogen (secondary N) is 1. The topological polar surface area (TPSA) is 112 Å². The molecular weight excluding hydrogens is 542 g/mol. The van der Waals surface area contributed by atoms with E-state index in [0.717, 1.165) is 51.8 Å². The van der Waals surface area contributed by atoms with Crippen LogP contribution in [-0.2, 0) is 0 Å². The number of carbonyl (C=O) groups excluding carboxylic acids is 3. The molecule has 1 saturated heterocycles. The molecule has 5 aromatic rings. The minimum absolute atomic E-state index is 0.0176. The number of para-hydroxylation sites is 1. The van der Waals surface area contributed by atoms with Crippen molar-refractivity contribution in [2.24, 2.45) is 5.73 Å². The molecule has 0 saturated carbocycles. The van der Waals surface area contributed by atoms with Crippen molar-refractivity contribution in [1.29, 1.82) is 0 Å². The van der Waals surface area contributed by atoms with Crippen LogP contribution < -0.4 is 15.4 Å². The largest absolute Gasteiger partial charge is 0.472 e. The summed E-state index contributed by atoms with van der Waals surface area (Å²) in [6, 6.07) is 22.4. The molecule has 2 aliphatic heterocycles. The fourth-order valence-electron chi connectivity index (χ4n) is 6.26. The molecule has 3 heterocycles. The van der Waals surface area contributed by atoms with E-state index in [9.17, 15) is 14.4 Å². The number of anilines is 1. The SMILES string of the molecule is Cc1c(-c2ccc(C(N)=O)c3[nH]c4cc(C(=O)N5CCN(C)CC5)ccc4c23)ccc2c1C(=O)N(c1ccccc1)CO2. The number of nitrogens with two attached hydrogens (primary N) is 1. The third-order valence-corrected chi connectivity index (χ3v) is 8.65. The number of ether oxygens (including phenoxy) is 1. The molecule has 0 bridgehead atoms. The lowest BCUT2D eigenvalue weighted by Gasteiger charge is -2.32. The van der Waals surface area contributed by atoms with Gasteiger partial charge in [0.2, 0.25) is 0 Å². The predicted octanol–water partition coefficient (Wildman–Crippen LogP) is 4.78. The Kier molecular flexibility index (Phi) is 6.40. The molecular formula is C34H31N5O4. The zero-order valence-electron chi connectivity index (χ0n) is 24.0. The number of rotatable bonds is 4. The smallest absolute Gasteiger partial charge is 0.265 e. The van der Waals surface area contributed by atoms with Gasteiger partial charge >= 0.3 is 0 Å². The van der Waals surface area contributed by atoms with Gasteiger partial charge in [-0.3, -0.25) is 19.3 Å². The quantitative estimate of drug-likeness (QED) is 0.322. The monoisotopic (exact) mass is 573 g/mol. The summed E-state index contributed by atoms with van der Waals surface area (Å²) in [5.41, 5.74) is 11.8. The molecule has 1 fully saturated rings. The zero-order chi connectivity index (χ0) is 29.8. The summed E-state index contributed by atoms with van der Waals surface area (Å²) in [7, 11) is 2.05. The molecule has 0 spiro atoms. The lowest BCUT2D eigenvalue weighted by Crippen LogP contribution is -2.47. The first-order valence-corrected chi connectivity index (χ1v) is 14.3. The van der Waals surface area contributed by atoms with Crippen LogP contribution in [0.5, 0.6) is 5.75 Å². The molecule has 9 nitrogen and oxygen atoms in total. The fraction of sp³-hybridized carbons (Fsp3) is 0.206. The number of fused-ring (bicyclic) bond motifs is 4. The van der Waals surface area contributed by atoms with Gasteiger partial charge in [0.1, 0.15) is 5.75 Å². The summed E-state index contributed by atoms with van der Waals surface area (Å²) in [4.78, 5) is 48.7. The molecule has 0 aliphatic carbocycles. The Bertz CT molecular complexity index is 1940. The maximum absolute atomic E-state index is 13.8. The molecule has 0 radical (unpaired) electrons. The van der Waals surface area contributed by atoms with E-state index in [4.69, 9.17) is 10.5 Å². The molecule has 3 amide bonds. The first kappa shape index (κ1) is 26.7. The van der Waals surface area contributed by atoms with Gasteiger partial charge in [-0.25, -0.2) is 0 Å². The molecule has 0 atom stereocenters. The van der Waals surface area contributed by atoms with Crippen LogP contribution in [0.3, 0.4) is 0 Å². The third kappa shape index (κ3) is 4.40. The molecule has 0 unspecified atom stereocenters. The molecule has 2 aliphatic rings. The number of likely N-dealkylation sites (N-methyl/N-ethyl adjacent to an activating group) is 1. The van der Waals surface area contributed by atoms with Gasteiger partial charge in [0, 0.05) is 53.7 Å². The first-order chi connectivity index (χ1) is 20.8. The molecule has 7 rings (SSSR count). The maximum atomic E-state index is 13.8. The van der Waals surface area contributed by atoms with E-state index in [2.05, 4.69) is 16.9 Å². The highest BCUT2D eigenvalue weighted by Crippen LogP contribution is 2.41. The van der Waals surface area contributed by atoms with Crippen molar-refractivity contribution in [3.63, 3.8) is 0 Å². The van der Waals surface area contributed by atoms with Crippen molar-refractivity contribution >= 4 is 45.2 Å². The second-order valence-electron chi connectivity index (χ2n) is 11.2. The number of benzene rings is 4. The van der Waals surface area contributed by atoms with Crippen LogP contribution in [0.25, 0.3) is 32.9 Å². The summed E-state index contributed by atoms with van der Waals surface area (Å²) in [6.07, 6.45) is 0. The van der Waals surface area contributed by atoms with Crippen molar-refractivity contribution < 1.29 is 19.1 Å². The van der Waals surface area contributed by atoms with Gasteiger partial charge < -0.3 is 25.3 Å². The van der Waals surface area contributed by atoms with E-state index < -0.39 is 5.91 Å². The van der Waals surface area contributed by atoms with Crippen molar-refractivity contribution in [2.75, 3.05) is 44.9 Å². The summed E-state index contributed by atoms with van der Waals surface area (Å²) in [6.45, 7) is 5.07. The van der Waals surface area contributed by atoms with Gasteiger partial charge in [0.05, 0.1) is 16.6 Å². The standard InChI is InChI=1S/C34H31N5O4/c1-20-23(12-13-28-29(20)34(42)39(19-43-28)22-6-4-3-5-7-22)24-10-11-26(32(35)40)31-30(24)25-9-8-21(18-27(25)36-31)33(41)38-16-14-37(2)15-17-38/h3-13,18,36H,14-17,19H2,1-2H3,(H2,35,40). The number of hydrogen-bond acceptors (Lipinski definition) is 5. The molecule has 3 N–H and O–H groups in total. The number of aromatic amines is 1. The molecule has 4 aromatic carbocycles. The van der Waals surface area contributed by atoms with Gasteiger partial charge in [-0.2, -0.15) is 0 Å². The molecule has 216 valence electrons. The summed E-state index contributed by atoms with van der Waals surface area (Å²) in [5.74, 6) is -0.172. The molecule has 9 heteroatoms. The Morgan fingerprint density at radius 2 is 1.65 bits per heavy atom. The van der Waals surface area contributed by atoms with Crippen LogP contribution in [0, 0.1) is 6.92 Å². The minimum atomic E-state index is -0.555. The van der Waals surface area contributed by atoms with E-state index in [1.165, 1.54) is 0 Å². The highest BCUT2D eigenvalue weighted by Gasteiger charge is 2.30. The summed E-state index contributed by atoms with van der Waals surface area (Å²) >= 11 is 0. The summed E-state index contributed by atoms with van der Waals surface area (Å²) in [5, 5.41) is 1.66. The highest BCUT2D eigenvalue weighted by molar-refractivity contribution is 6.21. The third-order valence-electron chi connectivity index (χ3n) is 8.65. The Morgan fingerprint density at radius 3 is 2.40 bits per heavy atom. The van der Waals surface area contributed by atoms with Crippen molar-refractivity contribution in [3.05, 3.63) is 95.1 Å². The van der Waals surface area contributed by atoms with Gasteiger partial charge in [-0.15, -0.1) is 0 Å². The van der Waals surface area contributed by atoms with Gasteiger partial charge in [0.15, 0.2) is 6.73 Å². The minimum Gasteiger partial charge on any atom is -0.472 e. The van der Waals surface area contributed by atoms with Crippen molar-refractivity contribution in [2.45, 2.75) is 6.92 Å². The molecule has 1 aromatic heterocycles. The van der Waals surface area contributed by atoms with Gasteiger partial charge in [-0.05, 0) is 67.1 Å². The Balaban J connectivity index is 1.36. The zero-order valence-corrected chi connectivity index (χ0v) is 24.0. The van der Waals surface area contributed by atoms with Crippen LogP contribution in [-0.4, -0.2) is 72.5 Å². The highest BCUT2D eigenvalue weighted by atomic mass is 16.5. The normalized spacial score (nSPS) is 15.5. The van der Waals surface area contributed by atoms with Gasteiger partial charge in [-0.1, -0.05) is 36.4 Å². The number of H-pyrrole nitrogens is 1. The van der Waals surface area contributed by atoms with Crippen molar-refractivity contribution in [3.8, 4) is 16.9 Å². The summed E-state index contributed by atoms with van der Waals surface area (Å²) < 4.78 is 6.02. The Labute approximate surface area is 248 Å². The van der Waals surface area contributed by atoms with E-state index in [1.54, 1.807) is 11.0 Å². The van der Waals surface area contributed by atoms with E-state index in [1.807, 2.05) is 78.6 Å². The molecule has 43 heavy (non-hydrogen) atoms. The lowest BCUT2D eigenvalue weighted by molar-refractivity contribution is 0.0664. The number of piperazine rings is 1. The Hall–Kier alpha value is -5.15. The first-order valence-electron chi connectivity index (χ1n) is 14.3. The fourth-order valence-corrected chi connectivity index (χ4v) is 6.26. The average molecular weight is 574 g/mol. The average Bonchev–Trinajstić information content (AvgIpc) is 3.40. The number of carbonyl (C=O) groups is 3. The second-order valence-corrected chi connectivity index (χ2v) is 11.2. The second kappa shape index (κ2) is 10.3. The van der Waals surface area contributed by atoms with Crippen LogP contribution in [0.2, 0.25) is 0 Å². The predicted molar refractivity (Wildman–Crippen MR) is 167 cm³/mol. The Morgan fingerprint density at radius 1 is 0.907 bits per heavy atom. The van der Waals surface area contributed by atoms with E-state index in [0.29, 0.717) is 41.0 Å². The van der Waals surface area contributed by atoms with E-state index in [-0.39, 0.29) is 18.5 Å². The maximum Gasteiger partial charge on any atom is 0.265 e.